The molecule has 5 heteroatoms. The van der Waals surface area contributed by atoms with Gasteiger partial charge in [-0.15, -0.1) is 11.3 Å². The highest BCUT2D eigenvalue weighted by atomic mass is 32.1. The lowest BCUT2D eigenvalue weighted by Crippen LogP contribution is -2.32. The summed E-state index contributed by atoms with van der Waals surface area (Å²) >= 11 is 1.57. The van der Waals surface area contributed by atoms with Crippen LogP contribution in [0, 0.1) is 13.8 Å². The molecule has 146 valence electrons. The van der Waals surface area contributed by atoms with Crippen LogP contribution >= 0.6 is 11.3 Å². The average Bonchev–Trinajstić information content (AvgIpc) is 3.13. The van der Waals surface area contributed by atoms with Gasteiger partial charge in [-0.25, -0.2) is 4.98 Å². The molecule has 0 radical (unpaired) electrons. The van der Waals surface area contributed by atoms with Gasteiger partial charge in [0.15, 0.2) is 0 Å². The first-order valence-electron chi connectivity index (χ1n) is 9.54. The minimum Gasteiger partial charge on any atom is -0.486 e. The van der Waals surface area contributed by atoms with Crippen molar-refractivity contribution in [2.75, 3.05) is 6.54 Å². The zero-order valence-electron chi connectivity index (χ0n) is 16.6. The number of hydrogen-bond acceptors (Lipinski definition) is 4. The Morgan fingerprint density at radius 3 is 2.71 bits per heavy atom. The third-order valence-corrected chi connectivity index (χ3v) is 5.33. The molecule has 0 fully saturated rings. The first kappa shape index (κ1) is 20.1. The lowest BCUT2D eigenvalue weighted by molar-refractivity contribution is 0.0740. The molecule has 3 rings (SSSR count). The molecule has 0 bridgehead atoms. The Kier molecular flexibility index (Phi) is 6.82. The summed E-state index contributed by atoms with van der Waals surface area (Å²) in [4.78, 5) is 19.5. The van der Waals surface area contributed by atoms with Crippen LogP contribution in [0.2, 0.25) is 0 Å². The highest BCUT2D eigenvalue weighted by Gasteiger charge is 2.18. The fraction of sp³-hybridized carbons (Fsp3) is 0.304. The van der Waals surface area contributed by atoms with Crippen LogP contribution in [0.15, 0.2) is 53.9 Å². The van der Waals surface area contributed by atoms with Gasteiger partial charge in [-0.2, -0.15) is 0 Å². The van der Waals surface area contributed by atoms with Crippen molar-refractivity contribution in [3.63, 3.8) is 0 Å². The summed E-state index contributed by atoms with van der Waals surface area (Å²) in [5.74, 6) is 0.907. The van der Waals surface area contributed by atoms with Crippen molar-refractivity contribution in [1.29, 1.82) is 0 Å². The fourth-order valence-corrected chi connectivity index (χ4v) is 3.74. The van der Waals surface area contributed by atoms with Crippen LogP contribution in [-0.4, -0.2) is 22.3 Å². The molecule has 0 atom stereocenters. The summed E-state index contributed by atoms with van der Waals surface area (Å²) in [6, 6.07) is 15.7. The molecule has 0 aliphatic heterocycles. The van der Waals surface area contributed by atoms with Crippen LogP contribution in [0.3, 0.4) is 0 Å². The number of hydrogen-bond donors (Lipinski definition) is 0. The van der Waals surface area contributed by atoms with E-state index in [9.17, 15) is 4.79 Å². The van der Waals surface area contributed by atoms with E-state index in [1.165, 1.54) is 5.56 Å². The smallest absolute Gasteiger partial charge is 0.254 e. The van der Waals surface area contributed by atoms with E-state index < -0.39 is 0 Å². The number of ether oxygens (including phenoxy) is 1. The zero-order valence-corrected chi connectivity index (χ0v) is 17.5. The maximum atomic E-state index is 13.0. The van der Waals surface area contributed by atoms with Crippen molar-refractivity contribution >= 4 is 17.2 Å². The number of amides is 1. The standard InChI is InChI=1S/C23H26N2O2S/c1-4-12-25(23(26)21-11-6-5-9-18(21)3)14-19-16-28-22(24-19)15-27-20-10-7-8-17(2)13-20/h5-11,13,16H,4,12,14-15H2,1-3H3. The fourth-order valence-electron chi connectivity index (χ4n) is 3.04. The van der Waals surface area contributed by atoms with Gasteiger partial charge in [0.2, 0.25) is 0 Å². The van der Waals surface area contributed by atoms with Crippen LogP contribution < -0.4 is 4.74 Å². The quantitative estimate of drug-likeness (QED) is 0.514. The Hall–Kier alpha value is -2.66. The highest BCUT2D eigenvalue weighted by Crippen LogP contribution is 2.19. The molecular weight excluding hydrogens is 368 g/mol. The number of aromatic nitrogens is 1. The monoisotopic (exact) mass is 394 g/mol. The van der Waals surface area contributed by atoms with E-state index in [2.05, 4.69) is 11.9 Å². The van der Waals surface area contributed by atoms with Gasteiger partial charge in [0.05, 0.1) is 12.2 Å². The molecule has 28 heavy (non-hydrogen) atoms. The average molecular weight is 395 g/mol. The third kappa shape index (κ3) is 5.20. The second kappa shape index (κ2) is 9.51. The Bertz CT molecular complexity index is 936. The number of rotatable bonds is 8. The van der Waals surface area contributed by atoms with Crippen molar-refractivity contribution < 1.29 is 9.53 Å². The van der Waals surface area contributed by atoms with E-state index in [4.69, 9.17) is 4.74 Å². The lowest BCUT2D eigenvalue weighted by Gasteiger charge is -2.22. The third-order valence-electron chi connectivity index (χ3n) is 4.46. The van der Waals surface area contributed by atoms with Gasteiger partial charge in [0, 0.05) is 17.5 Å². The summed E-state index contributed by atoms with van der Waals surface area (Å²) in [6.07, 6.45) is 0.908. The van der Waals surface area contributed by atoms with E-state index >= 15 is 0 Å². The molecule has 0 unspecified atom stereocenters. The molecule has 0 spiro atoms. The van der Waals surface area contributed by atoms with E-state index in [1.54, 1.807) is 11.3 Å². The summed E-state index contributed by atoms with van der Waals surface area (Å²) in [5, 5.41) is 2.93. The Balaban J connectivity index is 1.65. The number of benzene rings is 2. The normalized spacial score (nSPS) is 10.7. The maximum absolute atomic E-state index is 13.0. The molecule has 1 aromatic heterocycles. The van der Waals surface area contributed by atoms with Gasteiger partial charge in [0.1, 0.15) is 17.4 Å². The summed E-state index contributed by atoms with van der Waals surface area (Å²) in [6.45, 7) is 7.76. The van der Waals surface area contributed by atoms with Gasteiger partial charge < -0.3 is 9.64 Å². The molecule has 1 heterocycles. The Morgan fingerprint density at radius 1 is 1.14 bits per heavy atom. The summed E-state index contributed by atoms with van der Waals surface area (Å²) < 4.78 is 5.84. The molecule has 4 nitrogen and oxygen atoms in total. The minimum absolute atomic E-state index is 0.0607. The van der Waals surface area contributed by atoms with Gasteiger partial charge in [-0.1, -0.05) is 37.3 Å². The Labute approximate surface area is 170 Å². The zero-order chi connectivity index (χ0) is 19.9. The van der Waals surface area contributed by atoms with E-state index in [1.807, 2.05) is 72.7 Å². The molecule has 1 amide bonds. The maximum Gasteiger partial charge on any atom is 0.254 e. The highest BCUT2D eigenvalue weighted by molar-refractivity contribution is 7.09. The van der Waals surface area contributed by atoms with Gasteiger partial charge in [0.25, 0.3) is 5.91 Å². The predicted octanol–water partition coefficient (Wildman–Crippen LogP) is 5.39. The van der Waals surface area contributed by atoms with Crippen LogP contribution in [0.5, 0.6) is 5.75 Å². The second-order valence-electron chi connectivity index (χ2n) is 6.88. The van der Waals surface area contributed by atoms with Crippen LogP contribution in [0.1, 0.15) is 45.5 Å². The molecular formula is C23H26N2O2S. The van der Waals surface area contributed by atoms with E-state index in [0.29, 0.717) is 19.7 Å². The lowest BCUT2D eigenvalue weighted by atomic mass is 10.1. The van der Waals surface area contributed by atoms with Crippen molar-refractivity contribution in [3.8, 4) is 5.75 Å². The van der Waals surface area contributed by atoms with Crippen LogP contribution in [0.25, 0.3) is 0 Å². The molecule has 0 saturated heterocycles. The van der Waals surface area contributed by atoms with Crippen molar-refractivity contribution in [3.05, 3.63) is 81.3 Å². The number of carbonyl (C=O) groups excluding carboxylic acids is 1. The summed E-state index contributed by atoms with van der Waals surface area (Å²) in [5.41, 5.74) is 3.83. The van der Waals surface area contributed by atoms with Crippen molar-refractivity contribution in [2.24, 2.45) is 0 Å². The van der Waals surface area contributed by atoms with Gasteiger partial charge in [-0.3, -0.25) is 4.79 Å². The molecule has 0 aliphatic rings. The van der Waals surface area contributed by atoms with Gasteiger partial charge >= 0.3 is 0 Å². The molecule has 0 saturated carbocycles. The molecule has 2 aromatic carbocycles. The second-order valence-corrected chi connectivity index (χ2v) is 7.82. The predicted molar refractivity (Wildman–Crippen MR) is 114 cm³/mol. The van der Waals surface area contributed by atoms with Crippen LogP contribution in [0.4, 0.5) is 0 Å². The molecule has 3 aromatic rings. The number of thiazole rings is 1. The van der Waals surface area contributed by atoms with Crippen molar-refractivity contribution in [1.82, 2.24) is 9.88 Å². The molecule has 0 aliphatic carbocycles. The van der Waals surface area contributed by atoms with Crippen LogP contribution in [-0.2, 0) is 13.2 Å². The van der Waals surface area contributed by atoms with E-state index in [0.717, 1.165) is 34.0 Å². The van der Waals surface area contributed by atoms with Gasteiger partial charge in [-0.05, 0) is 49.6 Å². The first-order valence-corrected chi connectivity index (χ1v) is 10.4. The largest absolute Gasteiger partial charge is 0.486 e. The number of nitrogens with zero attached hydrogens (tertiary/aromatic N) is 2. The number of carbonyl (C=O) groups is 1. The Morgan fingerprint density at radius 2 is 1.96 bits per heavy atom. The minimum atomic E-state index is 0.0607. The summed E-state index contributed by atoms with van der Waals surface area (Å²) in [7, 11) is 0. The van der Waals surface area contributed by atoms with E-state index in [-0.39, 0.29) is 5.91 Å². The SMILES string of the molecule is CCCN(Cc1csc(COc2cccc(C)c2)n1)C(=O)c1ccccc1C. The van der Waals surface area contributed by atoms with Crippen molar-refractivity contribution in [2.45, 2.75) is 40.3 Å². The first-order chi connectivity index (χ1) is 13.6. The topological polar surface area (TPSA) is 42.4 Å². The molecule has 0 N–H and O–H groups in total. The number of aryl methyl sites for hydroxylation is 2.